The minimum absolute atomic E-state index is 0.143. The Morgan fingerprint density at radius 2 is 1.59 bits per heavy atom. The van der Waals surface area contributed by atoms with Gasteiger partial charge in [-0.15, -0.1) is 11.3 Å². The highest BCUT2D eigenvalue weighted by Crippen LogP contribution is 2.60. The van der Waals surface area contributed by atoms with E-state index >= 15 is 0 Å². The van der Waals surface area contributed by atoms with Crippen LogP contribution in [0.25, 0.3) is 10.2 Å². The zero-order valence-electron chi connectivity index (χ0n) is 21.6. The highest BCUT2D eigenvalue weighted by Gasteiger charge is 2.53. The van der Waals surface area contributed by atoms with Crippen LogP contribution < -0.4 is 10.2 Å². The van der Waals surface area contributed by atoms with E-state index in [9.17, 15) is 9.18 Å². The number of hydrogen-bond donors (Lipinski definition) is 1. The molecule has 3 aromatic rings. The van der Waals surface area contributed by atoms with Crippen LogP contribution in [0.5, 0.6) is 0 Å². The van der Waals surface area contributed by atoms with Gasteiger partial charge in [0.15, 0.2) is 0 Å². The maximum absolute atomic E-state index is 13.2. The van der Waals surface area contributed by atoms with Gasteiger partial charge in [0.2, 0.25) is 0 Å². The molecule has 5 aliphatic rings. The number of nitrogens with zero attached hydrogens (tertiary/aromatic N) is 4. The molecule has 1 saturated heterocycles. The monoisotopic (exact) mass is 519 g/mol. The van der Waals surface area contributed by atoms with Crippen LogP contribution in [-0.4, -0.2) is 47.1 Å². The molecule has 4 bridgehead atoms. The third-order valence-corrected chi connectivity index (χ3v) is 10.6. The number of hydrogen-bond acceptors (Lipinski definition) is 5. The van der Waals surface area contributed by atoms with Crippen molar-refractivity contribution in [3.63, 3.8) is 0 Å². The second kappa shape index (κ2) is 8.65. The van der Waals surface area contributed by atoms with E-state index < -0.39 is 0 Å². The highest BCUT2D eigenvalue weighted by atomic mass is 32.1. The molecule has 2 amide bonds. The quantitative estimate of drug-likeness (QED) is 0.443. The molecule has 0 unspecified atom stereocenters. The summed E-state index contributed by atoms with van der Waals surface area (Å²) in [6.07, 6.45) is 7.99. The predicted octanol–water partition coefficient (Wildman–Crippen LogP) is 6.27. The van der Waals surface area contributed by atoms with Gasteiger partial charge in [-0.3, -0.25) is 0 Å². The van der Waals surface area contributed by atoms with Gasteiger partial charge in [0.05, 0.1) is 5.39 Å². The Balaban J connectivity index is 1.16. The second-order valence-corrected chi connectivity index (χ2v) is 13.1. The summed E-state index contributed by atoms with van der Waals surface area (Å²) in [5, 5.41) is 4.09. The number of rotatable bonds is 3. The molecule has 194 valence electrons. The first kappa shape index (κ1) is 23.4. The molecule has 37 heavy (non-hydrogen) atoms. The Morgan fingerprint density at radius 3 is 2.22 bits per heavy atom. The molecule has 4 saturated carbocycles. The number of aromatic nitrogens is 2. The molecule has 4 aliphatic carbocycles. The standard InChI is InChI=1S/C29H34FN5OS/c1-17-18(2)37-26-24(17)25(32-27(33-26)29-14-19-11-20(15-29)13-21(12-19)16-29)34-7-9-35(10-8-34)28(36)31-23-5-3-22(30)4-6-23/h3-6,19-21H,7-16H2,1-2H3,(H,31,36). The lowest BCUT2D eigenvalue weighted by molar-refractivity contribution is -0.00918. The lowest BCUT2D eigenvalue weighted by Gasteiger charge is -2.56. The third kappa shape index (κ3) is 3.99. The number of anilines is 2. The lowest BCUT2D eigenvalue weighted by Crippen LogP contribution is -2.51. The Bertz CT molecular complexity index is 1330. The number of carbonyl (C=O) groups is 1. The van der Waals surface area contributed by atoms with Crippen LogP contribution in [0.4, 0.5) is 20.7 Å². The normalized spacial score (nSPS) is 28.8. The predicted molar refractivity (Wildman–Crippen MR) is 146 cm³/mol. The largest absolute Gasteiger partial charge is 0.352 e. The van der Waals surface area contributed by atoms with Crippen LogP contribution in [0.1, 0.15) is 54.8 Å². The van der Waals surface area contributed by atoms with Crippen molar-refractivity contribution < 1.29 is 9.18 Å². The van der Waals surface area contributed by atoms with Crippen molar-refractivity contribution in [1.29, 1.82) is 0 Å². The fourth-order valence-electron chi connectivity index (χ4n) is 7.94. The summed E-state index contributed by atoms with van der Waals surface area (Å²) in [4.78, 5) is 30.2. The zero-order valence-corrected chi connectivity index (χ0v) is 22.4. The number of thiophene rings is 1. The fourth-order valence-corrected chi connectivity index (χ4v) is 8.96. The SMILES string of the molecule is Cc1sc2nc(C34CC5CC(CC(C5)C3)C4)nc(N3CCN(C(=O)Nc4ccc(F)cc4)CC3)c2c1C. The van der Waals surface area contributed by atoms with Gasteiger partial charge in [-0.2, -0.15) is 0 Å². The smallest absolute Gasteiger partial charge is 0.321 e. The molecular formula is C29H34FN5OS. The maximum atomic E-state index is 13.2. The van der Waals surface area contributed by atoms with Crippen LogP contribution in [0, 0.1) is 37.4 Å². The number of benzene rings is 1. The van der Waals surface area contributed by atoms with Crippen molar-refractivity contribution in [2.24, 2.45) is 17.8 Å². The molecule has 6 nitrogen and oxygen atoms in total. The summed E-state index contributed by atoms with van der Waals surface area (Å²) in [5.74, 6) is 4.40. The van der Waals surface area contributed by atoms with Gasteiger partial charge in [-0.25, -0.2) is 19.2 Å². The van der Waals surface area contributed by atoms with Crippen LogP contribution >= 0.6 is 11.3 Å². The molecule has 3 heterocycles. The number of halogens is 1. The summed E-state index contributed by atoms with van der Waals surface area (Å²) >= 11 is 1.80. The highest BCUT2D eigenvalue weighted by molar-refractivity contribution is 7.18. The molecular weight excluding hydrogens is 485 g/mol. The minimum atomic E-state index is -0.311. The first-order valence-electron chi connectivity index (χ1n) is 13.7. The molecule has 0 radical (unpaired) electrons. The summed E-state index contributed by atoms with van der Waals surface area (Å²) in [6, 6.07) is 5.76. The van der Waals surface area contributed by atoms with E-state index in [1.807, 2.05) is 4.90 Å². The number of amides is 2. The Hall–Kier alpha value is -2.74. The van der Waals surface area contributed by atoms with Crippen LogP contribution in [-0.2, 0) is 5.41 Å². The first-order valence-corrected chi connectivity index (χ1v) is 14.5. The van der Waals surface area contributed by atoms with Crippen LogP contribution in [0.15, 0.2) is 24.3 Å². The Kier molecular flexibility index (Phi) is 5.47. The second-order valence-electron chi connectivity index (χ2n) is 11.9. The van der Waals surface area contributed by atoms with Crippen molar-refractivity contribution in [2.75, 3.05) is 36.4 Å². The van der Waals surface area contributed by atoms with Crippen molar-refractivity contribution in [3.05, 3.63) is 46.3 Å². The summed E-state index contributed by atoms with van der Waals surface area (Å²) in [5.41, 5.74) is 2.04. The van der Waals surface area contributed by atoms with Gasteiger partial charge in [-0.1, -0.05) is 0 Å². The van der Waals surface area contributed by atoms with E-state index in [-0.39, 0.29) is 17.3 Å². The number of nitrogens with one attached hydrogen (secondary N) is 1. The Morgan fingerprint density at radius 1 is 0.973 bits per heavy atom. The molecule has 5 fully saturated rings. The molecule has 1 aromatic carbocycles. The lowest BCUT2D eigenvalue weighted by atomic mass is 9.49. The fraction of sp³-hybridized carbons (Fsp3) is 0.552. The van der Waals surface area contributed by atoms with Crippen molar-refractivity contribution in [2.45, 2.75) is 57.8 Å². The molecule has 1 aliphatic heterocycles. The van der Waals surface area contributed by atoms with Crippen molar-refractivity contribution in [3.8, 4) is 0 Å². The average Bonchev–Trinajstić information content (AvgIpc) is 3.17. The topological polar surface area (TPSA) is 61.4 Å². The summed E-state index contributed by atoms with van der Waals surface area (Å²) < 4.78 is 13.2. The van der Waals surface area contributed by atoms with E-state index in [1.165, 1.54) is 66.5 Å². The average molecular weight is 520 g/mol. The summed E-state index contributed by atoms with van der Waals surface area (Å²) in [6.45, 7) is 7.08. The number of piperazine rings is 1. The molecule has 0 atom stereocenters. The first-order chi connectivity index (χ1) is 17.9. The van der Waals surface area contributed by atoms with Crippen molar-refractivity contribution in [1.82, 2.24) is 14.9 Å². The van der Waals surface area contributed by atoms with E-state index in [1.54, 1.807) is 23.5 Å². The Labute approximate surface area is 221 Å². The third-order valence-electron chi connectivity index (χ3n) is 9.48. The summed E-state index contributed by atoms with van der Waals surface area (Å²) in [7, 11) is 0. The number of carbonyl (C=O) groups excluding carboxylic acids is 1. The minimum Gasteiger partial charge on any atom is -0.352 e. The van der Waals surface area contributed by atoms with E-state index in [2.05, 4.69) is 24.1 Å². The number of aryl methyl sites for hydroxylation is 2. The number of fused-ring (bicyclic) bond motifs is 1. The molecule has 2 aromatic heterocycles. The van der Waals surface area contributed by atoms with Crippen molar-refractivity contribution >= 4 is 39.1 Å². The van der Waals surface area contributed by atoms with Gasteiger partial charge < -0.3 is 15.1 Å². The van der Waals surface area contributed by atoms with E-state index in [4.69, 9.17) is 9.97 Å². The zero-order chi connectivity index (χ0) is 25.3. The van der Waals surface area contributed by atoms with E-state index in [0.717, 1.165) is 47.3 Å². The molecule has 0 spiro atoms. The van der Waals surface area contributed by atoms with Gasteiger partial charge >= 0.3 is 6.03 Å². The van der Waals surface area contributed by atoms with Crippen LogP contribution in [0.3, 0.4) is 0 Å². The van der Waals surface area contributed by atoms with Gasteiger partial charge in [0.1, 0.15) is 22.3 Å². The van der Waals surface area contributed by atoms with Crippen LogP contribution in [0.2, 0.25) is 0 Å². The van der Waals surface area contributed by atoms with Gasteiger partial charge in [0.25, 0.3) is 0 Å². The molecule has 8 heteroatoms. The molecule has 1 N–H and O–H groups in total. The number of urea groups is 1. The van der Waals surface area contributed by atoms with Gasteiger partial charge in [-0.05, 0) is 100.0 Å². The maximum Gasteiger partial charge on any atom is 0.321 e. The van der Waals surface area contributed by atoms with E-state index in [0.29, 0.717) is 18.8 Å². The van der Waals surface area contributed by atoms with Gasteiger partial charge in [0, 0.05) is 42.2 Å². The molecule has 8 rings (SSSR count).